The number of hydrogen-bond donors (Lipinski definition) is 0. The predicted molar refractivity (Wildman–Crippen MR) is 83.2 cm³/mol. The molecule has 1 fully saturated rings. The molecule has 0 aliphatic heterocycles. The Labute approximate surface area is 131 Å². The molecule has 4 atom stereocenters. The third-order valence-corrected chi connectivity index (χ3v) is 7.54. The second-order valence-corrected chi connectivity index (χ2v) is 7.46. The van der Waals surface area contributed by atoms with Gasteiger partial charge in [0.2, 0.25) is 0 Å². The SMILES string of the molecule is COC1(OC)C2C(Br)=C(Br)C1C1CCC/C=C\CC12. The van der Waals surface area contributed by atoms with Gasteiger partial charge in [0.15, 0.2) is 5.79 Å². The number of rotatable bonds is 2. The Morgan fingerprint density at radius 3 is 2.32 bits per heavy atom. The molecule has 2 bridgehead atoms. The first kappa shape index (κ1) is 14.3. The summed E-state index contributed by atoms with van der Waals surface area (Å²) in [5, 5.41) is 0. The minimum atomic E-state index is -0.481. The van der Waals surface area contributed by atoms with Crippen LogP contribution < -0.4 is 0 Å². The Balaban J connectivity index is 2.05. The van der Waals surface area contributed by atoms with E-state index >= 15 is 0 Å². The van der Waals surface area contributed by atoms with E-state index in [2.05, 4.69) is 44.0 Å². The smallest absolute Gasteiger partial charge is 0.182 e. The van der Waals surface area contributed by atoms with Crippen LogP contribution in [0.15, 0.2) is 21.1 Å². The molecule has 0 N–H and O–H groups in total. The molecule has 0 saturated heterocycles. The summed E-state index contributed by atoms with van der Waals surface area (Å²) < 4.78 is 14.3. The van der Waals surface area contributed by atoms with Crippen LogP contribution in [-0.2, 0) is 9.47 Å². The van der Waals surface area contributed by atoms with Gasteiger partial charge in [0.1, 0.15) is 0 Å². The largest absolute Gasteiger partial charge is 0.352 e. The highest BCUT2D eigenvalue weighted by Gasteiger charge is 2.67. The molecule has 0 aromatic heterocycles. The lowest BCUT2D eigenvalue weighted by Crippen LogP contribution is -2.41. The van der Waals surface area contributed by atoms with Crippen molar-refractivity contribution in [3.8, 4) is 0 Å². The molecule has 0 spiro atoms. The van der Waals surface area contributed by atoms with E-state index in [1.165, 1.54) is 28.2 Å². The molecule has 4 unspecified atom stereocenters. The van der Waals surface area contributed by atoms with Gasteiger partial charge in [-0.05, 0) is 37.5 Å². The van der Waals surface area contributed by atoms with Crippen molar-refractivity contribution in [2.45, 2.75) is 31.5 Å². The van der Waals surface area contributed by atoms with Gasteiger partial charge in [-0.25, -0.2) is 0 Å². The Hall–Kier alpha value is 0.360. The molecular weight excluding hydrogens is 372 g/mol. The van der Waals surface area contributed by atoms with Crippen molar-refractivity contribution in [1.29, 1.82) is 0 Å². The molecule has 1 saturated carbocycles. The van der Waals surface area contributed by atoms with Gasteiger partial charge in [0, 0.05) is 35.0 Å². The summed E-state index contributed by atoms with van der Waals surface area (Å²) in [5.41, 5.74) is 0. The summed E-state index contributed by atoms with van der Waals surface area (Å²) in [6.45, 7) is 0. The molecule has 0 heterocycles. The fraction of sp³-hybridized carbons (Fsp3) is 0.733. The minimum absolute atomic E-state index is 0.314. The predicted octanol–water partition coefficient (Wildman–Crippen LogP) is 4.60. The van der Waals surface area contributed by atoms with Gasteiger partial charge in [0.25, 0.3) is 0 Å². The lowest BCUT2D eigenvalue weighted by atomic mass is 9.77. The Bertz CT molecular complexity index is 426. The van der Waals surface area contributed by atoms with E-state index in [4.69, 9.17) is 9.47 Å². The first-order valence-corrected chi connectivity index (χ1v) is 8.56. The normalized spacial score (nSPS) is 41.9. The topological polar surface area (TPSA) is 18.5 Å². The lowest BCUT2D eigenvalue weighted by Gasteiger charge is -2.33. The molecule has 0 radical (unpaired) electrons. The van der Waals surface area contributed by atoms with Crippen LogP contribution in [0.5, 0.6) is 0 Å². The van der Waals surface area contributed by atoms with Gasteiger partial charge in [-0.2, -0.15) is 0 Å². The van der Waals surface area contributed by atoms with Crippen molar-refractivity contribution in [2.24, 2.45) is 23.7 Å². The number of allylic oxidation sites excluding steroid dienone is 2. The number of ether oxygens (including phenoxy) is 2. The van der Waals surface area contributed by atoms with Crippen molar-refractivity contribution in [3.63, 3.8) is 0 Å². The summed E-state index contributed by atoms with van der Waals surface area (Å²) in [6, 6.07) is 0. The van der Waals surface area contributed by atoms with Gasteiger partial charge in [-0.15, -0.1) is 0 Å². The quantitative estimate of drug-likeness (QED) is 0.505. The number of fused-ring (bicyclic) bond motifs is 5. The van der Waals surface area contributed by atoms with Gasteiger partial charge in [-0.1, -0.05) is 44.0 Å². The van der Waals surface area contributed by atoms with Crippen LogP contribution in [0.4, 0.5) is 0 Å². The van der Waals surface area contributed by atoms with Crippen LogP contribution in [0, 0.1) is 23.7 Å². The summed E-state index contributed by atoms with van der Waals surface area (Å²) >= 11 is 7.55. The number of halogens is 2. The fourth-order valence-electron chi connectivity index (χ4n) is 4.44. The second-order valence-electron chi connectivity index (χ2n) is 5.75. The molecule has 2 nitrogen and oxygen atoms in total. The molecule has 0 aromatic rings. The minimum Gasteiger partial charge on any atom is -0.352 e. The Kier molecular flexibility index (Phi) is 3.98. The van der Waals surface area contributed by atoms with Crippen LogP contribution in [0.3, 0.4) is 0 Å². The monoisotopic (exact) mass is 390 g/mol. The molecule has 4 heteroatoms. The van der Waals surface area contributed by atoms with Crippen molar-refractivity contribution < 1.29 is 9.47 Å². The van der Waals surface area contributed by atoms with Gasteiger partial charge in [0.05, 0.1) is 0 Å². The molecule has 106 valence electrons. The van der Waals surface area contributed by atoms with Crippen molar-refractivity contribution >= 4 is 31.9 Å². The molecule has 0 amide bonds. The van der Waals surface area contributed by atoms with Crippen LogP contribution in [0.2, 0.25) is 0 Å². The average molecular weight is 392 g/mol. The molecular formula is C15H20Br2O2. The molecule has 3 rings (SSSR count). The zero-order chi connectivity index (χ0) is 13.6. The Morgan fingerprint density at radius 1 is 1.05 bits per heavy atom. The maximum atomic E-state index is 5.90. The zero-order valence-corrected chi connectivity index (χ0v) is 14.5. The first-order valence-electron chi connectivity index (χ1n) is 6.97. The summed E-state index contributed by atoms with van der Waals surface area (Å²) in [4.78, 5) is 0. The van der Waals surface area contributed by atoms with E-state index in [-0.39, 0.29) is 0 Å². The number of hydrogen-bond acceptors (Lipinski definition) is 2. The van der Waals surface area contributed by atoms with Crippen LogP contribution >= 0.6 is 31.9 Å². The van der Waals surface area contributed by atoms with E-state index in [1.54, 1.807) is 14.2 Å². The first-order chi connectivity index (χ1) is 9.17. The molecule has 0 aromatic carbocycles. The second kappa shape index (κ2) is 5.28. The van der Waals surface area contributed by atoms with E-state index in [9.17, 15) is 0 Å². The van der Waals surface area contributed by atoms with Gasteiger partial charge >= 0.3 is 0 Å². The van der Waals surface area contributed by atoms with Crippen LogP contribution in [0.1, 0.15) is 25.7 Å². The number of methoxy groups -OCH3 is 2. The molecule has 3 aliphatic rings. The van der Waals surface area contributed by atoms with E-state index in [1.807, 2.05) is 0 Å². The van der Waals surface area contributed by atoms with Crippen LogP contribution in [0.25, 0.3) is 0 Å². The maximum Gasteiger partial charge on any atom is 0.182 e. The van der Waals surface area contributed by atoms with E-state index in [0.717, 1.165) is 6.42 Å². The van der Waals surface area contributed by atoms with Crippen molar-refractivity contribution in [3.05, 3.63) is 21.1 Å². The van der Waals surface area contributed by atoms with Crippen LogP contribution in [-0.4, -0.2) is 20.0 Å². The highest BCUT2D eigenvalue weighted by molar-refractivity contribution is 9.14. The molecule has 19 heavy (non-hydrogen) atoms. The van der Waals surface area contributed by atoms with Gasteiger partial charge < -0.3 is 9.47 Å². The third-order valence-electron chi connectivity index (χ3n) is 5.17. The van der Waals surface area contributed by atoms with Crippen molar-refractivity contribution in [2.75, 3.05) is 14.2 Å². The Morgan fingerprint density at radius 2 is 1.68 bits per heavy atom. The standard InChI is InChI=1S/C15H20Br2O2/c1-18-15(19-2)11-9-7-5-3-4-6-8-10(9)12(15)14(17)13(11)16/h3,5,9-12H,4,6-8H2,1-2H3/b5-3-. The van der Waals surface area contributed by atoms with E-state index < -0.39 is 5.79 Å². The summed E-state index contributed by atoms with van der Waals surface area (Å²) in [6.07, 6.45) is 9.55. The summed E-state index contributed by atoms with van der Waals surface area (Å²) in [5.74, 6) is 1.45. The van der Waals surface area contributed by atoms with Crippen molar-refractivity contribution in [1.82, 2.24) is 0 Å². The summed E-state index contributed by atoms with van der Waals surface area (Å²) in [7, 11) is 3.56. The third kappa shape index (κ3) is 1.86. The maximum absolute atomic E-state index is 5.90. The average Bonchev–Trinajstić information content (AvgIpc) is 2.77. The van der Waals surface area contributed by atoms with Gasteiger partial charge in [-0.3, -0.25) is 0 Å². The zero-order valence-electron chi connectivity index (χ0n) is 11.4. The molecule has 3 aliphatic carbocycles. The van der Waals surface area contributed by atoms with E-state index in [0.29, 0.717) is 23.7 Å². The highest BCUT2D eigenvalue weighted by atomic mass is 79.9. The fourth-order valence-corrected chi connectivity index (χ4v) is 6.25. The highest BCUT2D eigenvalue weighted by Crippen LogP contribution is 2.67. The lowest BCUT2D eigenvalue weighted by molar-refractivity contribution is -0.234.